The summed E-state index contributed by atoms with van der Waals surface area (Å²) in [7, 11) is 3.73. The molecule has 0 aromatic heterocycles. The van der Waals surface area contributed by atoms with E-state index in [0.717, 1.165) is 16.7 Å². The van der Waals surface area contributed by atoms with Crippen LogP contribution in [0.2, 0.25) is 15.1 Å². The number of hydrazone groups is 2. The summed E-state index contributed by atoms with van der Waals surface area (Å²) in [6, 6.07) is 22.7. The highest BCUT2D eigenvalue weighted by Crippen LogP contribution is 2.29. The molecule has 0 atom stereocenters. The minimum atomic E-state index is -0.351. The molecule has 154 valence electrons. The van der Waals surface area contributed by atoms with Crippen molar-refractivity contribution in [1.82, 2.24) is 10.0 Å². The van der Waals surface area contributed by atoms with Crippen molar-refractivity contribution < 1.29 is 0 Å². The Labute approximate surface area is 192 Å². The molecular formula is C23H21Cl3N4. The molecule has 0 aliphatic heterocycles. The van der Waals surface area contributed by atoms with Gasteiger partial charge in [-0.2, -0.15) is 10.2 Å². The summed E-state index contributed by atoms with van der Waals surface area (Å²) in [5.74, 6) is 0. The number of halogens is 3. The van der Waals surface area contributed by atoms with E-state index in [1.165, 1.54) is 0 Å². The van der Waals surface area contributed by atoms with Gasteiger partial charge in [-0.25, -0.2) is 0 Å². The molecule has 0 spiro atoms. The standard InChI is InChI=1S/C23H21Cl3N4/c1-29(27-15-17-9-3-6-12-20(17)24)23(19-11-5-8-14-22(19)26)30(2)28-16-18-10-4-7-13-21(18)25/h3-16,23H,1-2H3/b27-15-,28-16-. The van der Waals surface area contributed by atoms with Gasteiger partial charge >= 0.3 is 0 Å². The minimum absolute atomic E-state index is 0.351. The molecule has 0 saturated carbocycles. The summed E-state index contributed by atoms with van der Waals surface area (Å²) in [6.07, 6.45) is 3.09. The lowest BCUT2D eigenvalue weighted by Crippen LogP contribution is -2.32. The van der Waals surface area contributed by atoms with Crippen molar-refractivity contribution in [2.24, 2.45) is 10.2 Å². The highest BCUT2D eigenvalue weighted by Gasteiger charge is 2.22. The Morgan fingerprint density at radius 3 is 1.47 bits per heavy atom. The SMILES string of the molecule is CN(/N=C\c1ccccc1Cl)C(c1ccccc1Cl)N(C)/N=C\c1ccccc1Cl. The lowest BCUT2D eigenvalue weighted by Gasteiger charge is -2.32. The smallest absolute Gasteiger partial charge is 0.160 e. The second-order valence-electron chi connectivity index (χ2n) is 6.57. The average Bonchev–Trinajstić information content (AvgIpc) is 2.74. The maximum Gasteiger partial charge on any atom is 0.160 e. The molecule has 30 heavy (non-hydrogen) atoms. The van der Waals surface area contributed by atoms with Crippen LogP contribution < -0.4 is 0 Å². The fraction of sp³-hybridized carbons (Fsp3) is 0.130. The molecule has 3 aromatic rings. The van der Waals surface area contributed by atoms with Crippen molar-refractivity contribution in [2.45, 2.75) is 6.17 Å². The molecule has 0 bridgehead atoms. The zero-order valence-electron chi connectivity index (χ0n) is 16.6. The summed E-state index contributed by atoms with van der Waals surface area (Å²) in [6.45, 7) is 0. The first kappa shape index (κ1) is 22.2. The van der Waals surface area contributed by atoms with Gasteiger partial charge in [0.05, 0.1) is 12.4 Å². The molecule has 3 rings (SSSR count). The van der Waals surface area contributed by atoms with Crippen molar-refractivity contribution in [2.75, 3.05) is 14.1 Å². The van der Waals surface area contributed by atoms with Gasteiger partial charge in [-0.3, -0.25) is 10.0 Å². The van der Waals surface area contributed by atoms with Crippen LogP contribution in [0, 0.1) is 0 Å². The zero-order chi connectivity index (χ0) is 21.5. The molecule has 0 aliphatic carbocycles. The molecule has 0 N–H and O–H groups in total. The molecule has 7 heteroatoms. The van der Waals surface area contributed by atoms with Gasteiger partial charge in [0.2, 0.25) is 0 Å². The molecule has 0 unspecified atom stereocenters. The number of nitrogens with zero attached hydrogens (tertiary/aromatic N) is 4. The van der Waals surface area contributed by atoms with E-state index >= 15 is 0 Å². The lowest BCUT2D eigenvalue weighted by atomic mass is 10.1. The Kier molecular flexibility index (Phi) is 7.75. The number of benzene rings is 3. The highest BCUT2D eigenvalue weighted by atomic mass is 35.5. The van der Waals surface area contributed by atoms with Gasteiger partial charge in [-0.15, -0.1) is 0 Å². The topological polar surface area (TPSA) is 31.2 Å². The van der Waals surface area contributed by atoms with Crippen LogP contribution in [0.3, 0.4) is 0 Å². The van der Waals surface area contributed by atoms with Gasteiger partial charge in [0, 0.05) is 45.9 Å². The summed E-state index contributed by atoms with van der Waals surface area (Å²) in [5.41, 5.74) is 2.52. The van der Waals surface area contributed by atoms with E-state index in [9.17, 15) is 0 Å². The maximum absolute atomic E-state index is 6.49. The molecule has 0 heterocycles. The number of hydrogen-bond acceptors (Lipinski definition) is 4. The van der Waals surface area contributed by atoms with Crippen molar-refractivity contribution in [3.63, 3.8) is 0 Å². The quantitative estimate of drug-likeness (QED) is 0.227. The van der Waals surface area contributed by atoms with Gasteiger partial charge in [0.1, 0.15) is 0 Å². The van der Waals surface area contributed by atoms with Crippen molar-refractivity contribution in [1.29, 1.82) is 0 Å². The Hall–Kier alpha value is -2.53. The van der Waals surface area contributed by atoms with E-state index in [-0.39, 0.29) is 6.17 Å². The molecule has 3 aromatic carbocycles. The van der Waals surface area contributed by atoms with E-state index in [4.69, 9.17) is 34.8 Å². The third kappa shape index (κ3) is 5.54. The maximum atomic E-state index is 6.49. The molecule has 0 saturated heterocycles. The van der Waals surface area contributed by atoms with Gasteiger partial charge in [0.25, 0.3) is 0 Å². The molecule has 0 radical (unpaired) electrons. The van der Waals surface area contributed by atoms with Crippen LogP contribution in [0.4, 0.5) is 0 Å². The fourth-order valence-corrected chi connectivity index (χ4v) is 3.52. The molecular weight excluding hydrogens is 439 g/mol. The van der Waals surface area contributed by atoms with E-state index in [0.29, 0.717) is 15.1 Å². The van der Waals surface area contributed by atoms with Crippen LogP contribution in [0.1, 0.15) is 22.9 Å². The van der Waals surface area contributed by atoms with Gasteiger partial charge in [-0.1, -0.05) is 89.4 Å². The first-order valence-corrected chi connectivity index (χ1v) is 10.4. The third-order valence-corrected chi connectivity index (χ3v) is 5.49. The molecule has 4 nitrogen and oxygen atoms in total. The zero-order valence-corrected chi connectivity index (χ0v) is 18.9. The van der Waals surface area contributed by atoms with Crippen molar-refractivity contribution in [3.8, 4) is 0 Å². The summed E-state index contributed by atoms with van der Waals surface area (Å²) >= 11 is 19.0. The Morgan fingerprint density at radius 2 is 1.03 bits per heavy atom. The van der Waals surface area contributed by atoms with Crippen LogP contribution in [-0.2, 0) is 0 Å². The monoisotopic (exact) mass is 458 g/mol. The van der Waals surface area contributed by atoms with Gasteiger partial charge in [0.15, 0.2) is 6.17 Å². The summed E-state index contributed by atoms with van der Waals surface area (Å²) in [4.78, 5) is 0. The largest absolute Gasteiger partial charge is 0.272 e. The van der Waals surface area contributed by atoms with Crippen LogP contribution >= 0.6 is 34.8 Å². The summed E-state index contributed by atoms with van der Waals surface area (Å²) < 4.78 is 0. The van der Waals surface area contributed by atoms with E-state index in [1.807, 2.05) is 86.9 Å². The Bertz CT molecular complexity index is 990. The van der Waals surface area contributed by atoms with E-state index < -0.39 is 0 Å². The second-order valence-corrected chi connectivity index (χ2v) is 7.80. The fourth-order valence-electron chi connectivity index (χ4n) is 2.92. The van der Waals surface area contributed by atoms with Crippen molar-refractivity contribution >= 4 is 47.2 Å². The normalized spacial score (nSPS) is 11.5. The number of rotatable bonds is 7. The second kappa shape index (κ2) is 10.5. The molecule has 0 aliphatic rings. The van der Waals surface area contributed by atoms with Gasteiger partial charge < -0.3 is 0 Å². The first-order valence-electron chi connectivity index (χ1n) is 9.24. The Balaban J connectivity index is 1.91. The van der Waals surface area contributed by atoms with E-state index in [1.54, 1.807) is 22.4 Å². The minimum Gasteiger partial charge on any atom is -0.272 e. The first-order chi connectivity index (χ1) is 14.5. The highest BCUT2D eigenvalue weighted by molar-refractivity contribution is 6.33. The van der Waals surface area contributed by atoms with Gasteiger partial charge in [-0.05, 0) is 18.2 Å². The predicted octanol–water partition coefficient (Wildman–Crippen LogP) is 6.58. The Morgan fingerprint density at radius 1 is 0.633 bits per heavy atom. The van der Waals surface area contributed by atoms with Crippen LogP contribution in [-0.4, -0.2) is 36.5 Å². The third-order valence-electron chi connectivity index (χ3n) is 4.46. The summed E-state index contributed by atoms with van der Waals surface area (Å²) in [5, 5.41) is 14.6. The molecule has 0 amide bonds. The van der Waals surface area contributed by atoms with Crippen LogP contribution in [0.5, 0.6) is 0 Å². The predicted molar refractivity (Wildman–Crippen MR) is 128 cm³/mol. The molecule has 0 fully saturated rings. The lowest BCUT2D eigenvalue weighted by molar-refractivity contribution is 0.0898. The average molecular weight is 460 g/mol. The van der Waals surface area contributed by atoms with Crippen LogP contribution in [0.15, 0.2) is 83.0 Å². The van der Waals surface area contributed by atoms with E-state index in [2.05, 4.69) is 10.2 Å². The van der Waals surface area contributed by atoms with Crippen LogP contribution in [0.25, 0.3) is 0 Å². The number of hydrogen-bond donors (Lipinski definition) is 0. The van der Waals surface area contributed by atoms with Crippen molar-refractivity contribution in [3.05, 3.63) is 105 Å².